The molecule has 0 saturated carbocycles. The van der Waals surface area contributed by atoms with Gasteiger partial charge < -0.3 is 4.98 Å². The maximum atomic E-state index is 11.0. The highest BCUT2D eigenvalue weighted by Gasteiger charge is 2.04. The van der Waals surface area contributed by atoms with Crippen molar-refractivity contribution in [3.05, 3.63) is 22.9 Å². The Labute approximate surface area is 65.8 Å². The number of aromatic amines is 1. The largest absolute Gasteiger partial charge is 0.312 e. The lowest BCUT2D eigenvalue weighted by Gasteiger charge is -1.87. The average Bonchev–Trinajstić information content (AvgIpc) is 2.49. The van der Waals surface area contributed by atoms with Gasteiger partial charge in [-0.1, -0.05) is 0 Å². The van der Waals surface area contributed by atoms with E-state index in [1.165, 1.54) is 12.5 Å². The molecule has 2 rings (SSSR count). The van der Waals surface area contributed by atoms with Gasteiger partial charge in [0.1, 0.15) is 5.39 Å². The van der Waals surface area contributed by atoms with Crippen molar-refractivity contribution in [2.24, 2.45) is 0 Å². The second-order valence-corrected chi connectivity index (χ2v) is 2.16. The standard InChI is InChI=1S/C6H4N4O2/c11-3-10-5-4(1-9-10)6(12)8-2-7-5/h1-3H,(H,7,8,12). The normalized spacial score (nSPS) is 10.3. The molecule has 0 radical (unpaired) electrons. The molecule has 0 amide bonds. The van der Waals surface area contributed by atoms with Crippen molar-refractivity contribution in [1.29, 1.82) is 0 Å². The molecule has 0 spiro atoms. The number of hydrogen-bond acceptors (Lipinski definition) is 4. The Hall–Kier alpha value is -1.98. The minimum Gasteiger partial charge on any atom is -0.312 e. The fourth-order valence-electron chi connectivity index (χ4n) is 0.952. The molecule has 2 aromatic heterocycles. The lowest BCUT2D eigenvalue weighted by Crippen LogP contribution is -2.06. The van der Waals surface area contributed by atoms with E-state index in [0.717, 1.165) is 4.68 Å². The summed E-state index contributed by atoms with van der Waals surface area (Å²) in [5, 5.41) is 3.95. The van der Waals surface area contributed by atoms with Crippen LogP contribution in [-0.4, -0.2) is 26.2 Å². The topological polar surface area (TPSA) is 80.6 Å². The first-order valence-corrected chi connectivity index (χ1v) is 3.19. The molecule has 0 bridgehead atoms. The van der Waals surface area contributed by atoms with Crippen molar-refractivity contribution >= 4 is 17.4 Å². The molecular weight excluding hydrogens is 160 g/mol. The number of aromatic nitrogens is 4. The third kappa shape index (κ3) is 0.746. The Kier molecular flexibility index (Phi) is 1.26. The summed E-state index contributed by atoms with van der Waals surface area (Å²) < 4.78 is 1.00. The van der Waals surface area contributed by atoms with Crippen molar-refractivity contribution in [1.82, 2.24) is 19.7 Å². The second kappa shape index (κ2) is 2.26. The summed E-state index contributed by atoms with van der Waals surface area (Å²) in [6.07, 6.45) is 3.02. The van der Waals surface area contributed by atoms with Gasteiger partial charge in [0, 0.05) is 0 Å². The van der Waals surface area contributed by atoms with Crippen LogP contribution in [-0.2, 0) is 4.79 Å². The maximum Gasteiger partial charge on any atom is 0.261 e. The molecule has 0 unspecified atom stereocenters. The van der Waals surface area contributed by atoms with Crippen LogP contribution in [0.1, 0.15) is 0 Å². The molecule has 6 heteroatoms. The Morgan fingerprint density at radius 1 is 1.58 bits per heavy atom. The van der Waals surface area contributed by atoms with E-state index >= 15 is 0 Å². The Balaban J connectivity index is 2.98. The molecule has 1 N–H and O–H groups in total. The van der Waals surface area contributed by atoms with Crippen molar-refractivity contribution in [3.8, 4) is 0 Å². The van der Waals surface area contributed by atoms with Crippen LogP contribution in [0.5, 0.6) is 0 Å². The van der Waals surface area contributed by atoms with Crippen LogP contribution in [0.3, 0.4) is 0 Å². The zero-order chi connectivity index (χ0) is 8.55. The molecule has 12 heavy (non-hydrogen) atoms. The van der Waals surface area contributed by atoms with Crippen LogP contribution < -0.4 is 5.56 Å². The number of hydrogen-bond donors (Lipinski definition) is 1. The van der Waals surface area contributed by atoms with E-state index in [1.54, 1.807) is 0 Å². The maximum absolute atomic E-state index is 11.0. The fourth-order valence-corrected chi connectivity index (χ4v) is 0.952. The average molecular weight is 164 g/mol. The van der Waals surface area contributed by atoms with E-state index in [1.807, 2.05) is 0 Å². The summed E-state index contributed by atoms with van der Waals surface area (Å²) in [6.45, 7) is 0. The predicted octanol–water partition coefficient (Wildman–Crippen LogP) is -0.842. The fraction of sp³-hybridized carbons (Fsp3) is 0. The summed E-state index contributed by atoms with van der Waals surface area (Å²) in [7, 11) is 0. The number of fused-ring (bicyclic) bond motifs is 1. The van der Waals surface area contributed by atoms with Gasteiger partial charge in [-0.05, 0) is 0 Å². The van der Waals surface area contributed by atoms with Crippen molar-refractivity contribution in [3.63, 3.8) is 0 Å². The smallest absolute Gasteiger partial charge is 0.261 e. The molecule has 0 fully saturated rings. The molecule has 6 nitrogen and oxygen atoms in total. The number of nitrogens with one attached hydrogen (secondary N) is 1. The van der Waals surface area contributed by atoms with E-state index in [-0.39, 0.29) is 11.2 Å². The van der Waals surface area contributed by atoms with E-state index in [4.69, 9.17) is 0 Å². The van der Waals surface area contributed by atoms with Gasteiger partial charge in [-0.2, -0.15) is 9.78 Å². The van der Waals surface area contributed by atoms with Crippen LogP contribution in [0.15, 0.2) is 17.3 Å². The van der Waals surface area contributed by atoms with Crippen LogP contribution in [0, 0.1) is 0 Å². The molecule has 60 valence electrons. The lowest BCUT2D eigenvalue weighted by atomic mass is 10.4. The van der Waals surface area contributed by atoms with Gasteiger partial charge in [-0.25, -0.2) is 4.98 Å². The third-order valence-electron chi connectivity index (χ3n) is 1.50. The molecule has 0 aliphatic carbocycles. The minimum atomic E-state index is -0.298. The monoisotopic (exact) mass is 164 g/mol. The van der Waals surface area contributed by atoms with Gasteiger partial charge in [0.25, 0.3) is 5.56 Å². The van der Waals surface area contributed by atoms with Gasteiger partial charge in [-0.15, -0.1) is 0 Å². The highest BCUT2D eigenvalue weighted by molar-refractivity contribution is 5.78. The van der Waals surface area contributed by atoms with E-state index in [9.17, 15) is 9.59 Å². The van der Waals surface area contributed by atoms with Crippen LogP contribution in [0.2, 0.25) is 0 Å². The third-order valence-corrected chi connectivity index (χ3v) is 1.50. The van der Waals surface area contributed by atoms with Crippen LogP contribution >= 0.6 is 0 Å². The van der Waals surface area contributed by atoms with Crippen LogP contribution in [0.4, 0.5) is 0 Å². The first-order chi connectivity index (χ1) is 5.83. The van der Waals surface area contributed by atoms with Gasteiger partial charge in [0.15, 0.2) is 5.65 Å². The molecule has 0 atom stereocenters. The molecule has 0 aliphatic rings. The van der Waals surface area contributed by atoms with Gasteiger partial charge >= 0.3 is 0 Å². The summed E-state index contributed by atoms with van der Waals surface area (Å²) in [6, 6.07) is 0. The number of carbonyl (C=O) groups is 1. The van der Waals surface area contributed by atoms with Crippen molar-refractivity contribution < 1.29 is 4.79 Å². The Morgan fingerprint density at radius 3 is 3.17 bits per heavy atom. The minimum absolute atomic E-state index is 0.272. The quantitative estimate of drug-likeness (QED) is 0.557. The number of nitrogens with zero attached hydrogens (tertiary/aromatic N) is 3. The number of carbonyl (C=O) groups excluding carboxylic acids is 1. The van der Waals surface area contributed by atoms with Gasteiger partial charge in [0.05, 0.1) is 12.5 Å². The molecule has 2 aromatic rings. The predicted molar refractivity (Wildman–Crippen MR) is 40.3 cm³/mol. The summed E-state index contributed by atoms with van der Waals surface area (Å²) in [5.41, 5.74) is -0.0261. The molecule has 0 aliphatic heterocycles. The van der Waals surface area contributed by atoms with Gasteiger partial charge in [-0.3, -0.25) is 9.59 Å². The first-order valence-electron chi connectivity index (χ1n) is 3.19. The molecular formula is C6H4N4O2. The number of H-pyrrole nitrogens is 1. The SMILES string of the molecule is O=Cn1ncc2c(=O)[nH]cnc21. The van der Waals surface area contributed by atoms with E-state index < -0.39 is 0 Å². The lowest BCUT2D eigenvalue weighted by molar-refractivity contribution is 0.542. The summed E-state index contributed by atoms with van der Waals surface area (Å²) in [5.74, 6) is 0. The van der Waals surface area contributed by atoms with Crippen molar-refractivity contribution in [2.45, 2.75) is 0 Å². The summed E-state index contributed by atoms with van der Waals surface area (Å²) >= 11 is 0. The van der Waals surface area contributed by atoms with Crippen LogP contribution in [0.25, 0.3) is 11.0 Å². The zero-order valence-electron chi connectivity index (χ0n) is 5.89. The summed E-state index contributed by atoms with van der Waals surface area (Å²) in [4.78, 5) is 27.5. The van der Waals surface area contributed by atoms with Crippen molar-refractivity contribution in [2.75, 3.05) is 0 Å². The molecule has 0 aromatic carbocycles. The van der Waals surface area contributed by atoms with Gasteiger partial charge in [0.2, 0.25) is 6.41 Å². The van der Waals surface area contributed by atoms with E-state index in [2.05, 4.69) is 15.1 Å². The second-order valence-electron chi connectivity index (χ2n) is 2.16. The Bertz CT molecular complexity index is 483. The van der Waals surface area contributed by atoms with E-state index in [0.29, 0.717) is 11.8 Å². The molecule has 0 saturated heterocycles. The first kappa shape index (κ1) is 6.71. The Morgan fingerprint density at radius 2 is 2.42 bits per heavy atom. The highest BCUT2D eigenvalue weighted by atomic mass is 16.1. The molecule has 2 heterocycles. The zero-order valence-corrected chi connectivity index (χ0v) is 5.89. The highest BCUT2D eigenvalue weighted by Crippen LogP contribution is 2.00. The number of rotatable bonds is 1.